The van der Waals surface area contributed by atoms with Crippen LogP contribution < -0.4 is 15.8 Å². The average molecular weight is 407 g/mol. The van der Waals surface area contributed by atoms with Crippen LogP contribution >= 0.6 is 0 Å². The fourth-order valence-electron chi connectivity index (χ4n) is 3.62. The molecule has 0 aromatic heterocycles. The van der Waals surface area contributed by atoms with Gasteiger partial charge >= 0.3 is 6.03 Å². The van der Waals surface area contributed by atoms with Gasteiger partial charge < -0.3 is 10.6 Å². The number of anilines is 1. The number of sulfonamides is 1. The Kier molecular flexibility index (Phi) is 4.86. The van der Waals surface area contributed by atoms with Crippen molar-refractivity contribution in [1.82, 2.24) is 5.32 Å². The molecule has 3 aromatic carbocycles. The van der Waals surface area contributed by atoms with Crippen molar-refractivity contribution in [3.63, 3.8) is 0 Å². The van der Waals surface area contributed by atoms with Crippen molar-refractivity contribution in [2.24, 2.45) is 5.14 Å². The summed E-state index contributed by atoms with van der Waals surface area (Å²) in [4.78, 5) is 12.4. The summed E-state index contributed by atoms with van der Waals surface area (Å²) in [7, 11) is -3.73. The molecule has 3 aromatic rings. The molecule has 0 heterocycles. The Morgan fingerprint density at radius 2 is 1.66 bits per heavy atom. The molecule has 2 amide bonds. The number of carbonyl (C=O) groups is 1. The lowest BCUT2D eigenvalue weighted by Gasteiger charge is -2.16. The van der Waals surface area contributed by atoms with Gasteiger partial charge in [0.15, 0.2) is 0 Å². The third-order valence-corrected chi connectivity index (χ3v) is 6.04. The van der Waals surface area contributed by atoms with E-state index in [1.807, 2.05) is 37.3 Å². The molecule has 0 radical (unpaired) electrons. The Hall–Kier alpha value is -3.16. The van der Waals surface area contributed by atoms with Gasteiger partial charge in [-0.25, -0.2) is 18.4 Å². The van der Waals surface area contributed by atoms with E-state index in [2.05, 4.69) is 22.8 Å². The molecule has 0 saturated carbocycles. The number of amides is 2. The predicted octanol–water partition coefficient (Wildman–Crippen LogP) is 3.79. The van der Waals surface area contributed by atoms with Gasteiger partial charge in [-0.1, -0.05) is 42.5 Å². The maximum Gasteiger partial charge on any atom is 0.319 e. The Bertz CT molecular complexity index is 1190. The van der Waals surface area contributed by atoms with Crippen LogP contribution in [0.2, 0.25) is 0 Å². The summed E-state index contributed by atoms with van der Waals surface area (Å²) in [6, 6.07) is 19.7. The van der Waals surface area contributed by atoms with E-state index in [0.717, 1.165) is 17.7 Å². The first-order valence-corrected chi connectivity index (χ1v) is 10.8. The van der Waals surface area contributed by atoms with Gasteiger partial charge in [-0.3, -0.25) is 0 Å². The molecular formula is C22H21N3O3S. The molecule has 1 aliphatic carbocycles. The molecule has 7 heteroatoms. The highest BCUT2D eigenvalue weighted by molar-refractivity contribution is 7.89. The SMILES string of the molecule is C[C@H](NC(=O)Nc1ccc2c(c1)Cc1ccccc1-2)c1ccc(S(N)(=O)=O)cc1. The highest BCUT2D eigenvalue weighted by atomic mass is 32.2. The van der Waals surface area contributed by atoms with Crippen molar-refractivity contribution in [3.05, 3.63) is 83.4 Å². The van der Waals surface area contributed by atoms with Crippen LogP contribution in [0.25, 0.3) is 11.1 Å². The number of nitrogens with one attached hydrogen (secondary N) is 2. The van der Waals surface area contributed by atoms with Crippen molar-refractivity contribution in [3.8, 4) is 11.1 Å². The summed E-state index contributed by atoms with van der Waals surface area (Å²) < 4.78 is 22.7. The molecule has 0 unspecified atom stereocenters. The largest absolute Gasteiger partial charge is 0.331 e. The molecule has 0 aliphatic heterocycles. The van der Waals surface area contributed by atoms with Gasteiger partial charge in [0.25, 0.3) is 0 Å². The quantitative estimate of drug-likeness (QED) is 0.480. The molecule has 6 nitrogen and oxygen atoms in total. The topological polar surface area (TPSA) is 101 Å². The zero-order valence-electron chi connectivity index (χ0n) is 15.8. The lowest BCUT2D eigenvalue weighted by Crippen LogP contribution is -2.31. The van der Waals surface area contributed by atoms with Gasteiger partial charge in [0, 0.05) is 5.69 Å². The van der Waals surface area contributed by atoms with Crippen LogP contribution in [0, 0.1) is 0 Å². The summed E-state index contributed by atoms with van der Waals surface area (Å²) >= 11 is 0. The van der Waals surface area contributed by atoms with Crippen LogP contribution in [0.1, 0.15) is 29.7 Å². The first-order chi connectivity index (χ1) is 13.8. The zero-order valence-corrected chi connectivity index (χ0v) is 16.7. The Balaban J connectivity index is 1.42. The average Bonchev–Trinajstić information content (AvgIpc) is 3.05. The minimum absolute atomic E-state index is 0.0389. The number of hydrogen-bond acceptors (Lipinski definition) is 3. The molecule has 148 valence electrons. The summed E-state index contributed by atoms with van der Waals surface area (Å²) in [5, 5.41) is 10.8. The molecule has 1 atom stereocenters. The van der Waals surface area contributed by atoms with E-state index < -0.39 is 10.0 Å². The Morgan fingerprint density at radius 1 is 0.966 bits per heavy atom. The van der Waals surface area contributed by atoms with E-state index in [1.165, 1.54) is 34.4 Å². The number of rotatable bonds is 4. The monoisotopic (exact) mass is 407 g/mol. The number of primary sulfonamides is 1. The second-order valence-corrected chi connectivity index (χ2v) is 8.70. The van der Waals surface area contributed by atoms with Crippen LogP contribution in [-0.4, -0.2) is 14.4 Å². The standard InChI is InChI=1S/C22H21N3O3S/c1-14(15-6-9-19(10-7-15)29(23,27)28)24-22(26)25-18-8-11-21-17(13-18)12-16-4-2-3-5-20(16)21/h2-11,13-14H,12H2,1H3,(H2,23,27,28)(H2,24,25,26)/t14-/m0/s1. The van der Waals surface area contributed by atoms with Crippen LogP contribution in [0.3, 0.4) is 0 Å². The number of urea groups is 1. The first kappa shape index (κ1) is 19.2. The highest BCUT2D eigenvalue weighted by Crippen LogP contribution is 2.37. The lowest BCUT2D eigenvalue weighted by atomic mass is 10.1. The van der Waals surface area contributed by atoms with Crippen LogP contribution in [0.15, 0.2) is 71.6 Å². The summed E-state index contributed by atoms with van der Waals surface area (Å²) in [5.41, 5.74) is 6.43. The van der Waals surface area contributed by atoms with Crippen LogP contribution in [0.5, 0.6) is 0 Å². The summed E-state index contributed by atoms with van der Waals surface area (Å²) in [6.07, 6.45) is 0.857. The van der Waals surface area contributed by atoms with E-state index in [-0.39, 0.29) is 17.0 Å². The summed E-state index contributed by atoms with van der Waals surface area (Å²) in [5.74, 6) is 0. The molecule has 1 aliphatic rings. The molecule has 0 spiro atoms. The van der Waals surface area contributed by atoms with Gasteiger partial charge in [-0.15, -0.1) is 0 Å². The minimum atomic E-state index is -3.73. The second-order valence-electron chi connectivity index (χ2n) is 7.14. The number of fused-ring (bicyclic) bond motifs is 3. The third-order valence-electron chi connectivity index (χ3n) is 5.11. The van der Waals surface area contributed by atoms with Gasteiger partial charge in [0.05, 0.1) is 10.9 Å². The van der Waals surface area contributed by atoms with Crippen molar-refractivity contribution in [2.45, 2.75) is 24.3 Å². The maximum absolute atomic E-state index is 12.4. The lowest BCUT2D eigenvalue weighted by molar-refractivity contribution is 0.249. The first-order valence-electron chi connectivity index (χ1n) is 9.23. The fourth-order valence-corrected chi connectivity index (χ4v) is 4.13. The number of benzene rings is 3. The predicted molar refractivity (Wildman–Crippen MR) is 113 cm³/mol. The highest BCUT2D eigenvalue weighted by Gasteiger charge is 2.18. The van der Waals surface area contributed by atoms with Gasteiger partial charge in [-0.05, 0) is 65.4 Å². The molecule has 4 rings (SSSR count). The normalized spacial score (nSPS) is 13.3. The molecule has 4 N–H and O–H groups in total. The second kappa shape index (κ2) is 7.35. The zero-order chi connectivity index (χ0) is 20.6. The van der Waals surface area contributed by atoms with Gasteiger partial charge in [0.1, 0.15) is 0 Å². The molecule has 0 saturated heterocycles. The van der Waals surface area contributed by atoms with Gasteiger partial charge in [-0.2, -0.15) is 0 Å². The van der Waals surface area contributed by atoms with Crippen molar-refractivity contribution in [2.75, 3.05) is 5.32 Å². The van der Waals surface area contributed by atoms with E-state index in [0.29, 0.717) is 0 Å². The van der Waals surface area contributed by atoms with Crippen molar-refractivity contribution in [1.29, 1.82) is 0 Å². The van der Waals surface area contributed by atoms with Crippen LogP contribution in [0.4, 0.5) is 10.5 Å². The van der Waals surface area contributed by atoms with E-state index in [4.69, 9.17) is 5.14 Å². The number of nitrogens with two attached hydrogens (primary N) is 1. The molecule has 0 bridgehead atoms. The van der Waals surface area contributed by atoms with Crippen LogP contribution in [-0.2, 0) is 16.4 Å². The number of hydrogen-bond donors (Lipinski definition) is 3. The molecule has 29 heavy (non-hydrogen) atoms. The number of carbonyl (C=O) groups excluding carboxylic acids is 1. The Morgan fingerprint density at radius 3 is 2.38 bits per heavy atom. The third kappa shape index (κ3) is 4.01. The smallest absolute Gasteiger partial charge is 0.319 e. The molecular weight excluding hydrogens is 386 g/mol. The Labute approximate surface area is 169 Å². The van der Waals surface area contributed by atoms with Crippen molar-refractivity contribution < 1.29 is 13.2 Å². The van der Waals surface area contributed by atoms with Gasteiger partial charge in [0.2, 0.25) is 10.0 Å². The molecule has 0 fully saturated rings. The summed E-state index contributed by atoms with van der Waals surface area (Å²) in [6.45, 7) is 1.82. The maximum atomic E-state index is 12.4. The van der Waals surface area contributed by atoms with E-state index in [1.54, 1.807) is 12.1 Å². The minimum Gasteiger partial charge on any atom is -0.331 e. The van der Waals surface area contributed by atoms with E-state index in [9.17, 15) is 13.2 Å². The van der Waals surface area contributed by atoms with Crippen molar-refractivity contribution >= 4 is 21.7 Å². The van der Waals surface area contributed by atoms with E-state index >= 15 is 0 Å². The fraction of sp³-hybridized carbons (Fsp3) is 0.136.